The van der Waals surface area contributed by atoms with Crippen molar-refractivity contribution in [2.24, 2.45) is 0 Å². The predicted octanol–water partition coefficient (Wildman–Crippen LogP) is 4.45. The van der Waals surface area contributed by atoms with Gasteiger partial charge < -0.3 is 15.4 Å². The fourth-order valence-corrected chi connectivity index (χ4v) is 2.82. The van der Waals surface area contributed by atoms with Crippen molar-refractivity contribution in [3.05, 3.63) is 71.9 Å². The molecule has 3 aromatic rings. The van der Waals surface area contributed by atoms with Gasteiger partial charge in [-0.3, -0.25) is 0 Å². The number of nitrogens with zero attached hydrogens (tertiary/aromatic N) is 2. The SMILES string of the molecule is CCc1ccccc1Nc1ccnc(NCCc2ccccc2OC)n1. The number of rotatable bonds is 8. The Kier molecular flexibility index (Phi) is 6.04. The van der Waals surface area contributed by atoms with Crippen molar-refractivity contribution in [1.29, 1.82) is 0 Å². The van der Waals surface area contributed by atoms with Gasteiger partial charge in [-0.15, -0.1) is 0 Å². The van der Waals surface area contributed by atoms with Gasteiger partial charge in [0.15, 0.2) is 0 Å². The largest absolute Gasteiger partial charge is 0.496 e. The van der Waals surface area contributed by atoms with Crippen LogP contribution in [0.3, 0.4) is 0 Å². The lowest BCUT2D eigenvalue weighted by atomic mass is 10.1. The Morgan fingerprint density at radius 3 is 2.54 bits per heavy atom. The Morgan fingerprint density at radius 2 is 1.73 bits per heavy atom. The second-order valence-corrected chi connectivity index (χ2v) is 5.89. The summed E-state index contributed by atoms with van der Waals surface area (Å²) in [5.41, 5.74) is 3.50. The van der Waals surface area contributed by atoms with E-state index in [4.69, 9.17) is 4.74 Å². The first-order valence-corrected chi connectivity index (χ1v) is 8.84. The summed E-state index contributed by atoms with van der Waals surface area (Å²) in [6, 6.07) is 18.2. The minimum atomic E-state index is 0.610. The van der Waals surface area contributed by atoms with Crippen LogP contribution >= 0.6 is 0 Å². The Labute approximate surface area is 154 Å². The minimum absolute atomic E-state index is 0.610. The molecule has 0 saturated heterocycles. The molecule has 0 aliphatic heterocycles. The van der Waals surface area contributed by atoms with E-state index in [2.05, 4.69) is 51.8 Å². The number of hydrogen-bond donors (Lipinski definition) is 2. The van der Waals surface area contributed by atoms with Gasteiger partial charge in [0.25, 0.3) is 0 Å². The van der Waals surface area contributed by atoms with Crippen molar-refractivity contribution in [3.63, 3.8) is 0 Å². The summed E-state index contributed by atoms with van der Waals surface area (Å²) in [5, 5.41) is 6.66. The lowest BCUT2D eigenvalue weighted by Crippen LogP contribution is -2.09. The van der Waals surface area contributed by atoms with Crippen LogP contribution in [0.25, 0.3) is 0 Å². The highest BCUT2D eigenvalue weighted by Gasteiger charge is 2.04. The molecule has 0 amide bonds. The van der Waals surface area contributed by atoms with Gasteiger partial charge in [-0.25, -0.2) is 4.98 Å². The van der Waals surface area contributed by atoms with Gasteiger partial charge in [0.1, 0.15) is 11.6 Å². The van der Waals surface area contributed by atoms with Gasteiger partial charge in [0.2, 0.25) is 5.95 Å². The third kappa shape index (κ3) is 4.51. The van der Waals surface area contributed by atoms with Crippen LogP contribution in [0.2, 0.25) is 0 Å². The predicted molar refractivity (Wildman–Crippen MR) is 106 cm³/mol. The number of nitrogens with one attached hydrogen (secondary N) is 2. The highest BCUT2D eigenvalue weighted by molar-refractivity contribution is 5.61. The molecule has 2 aromatic carbocycles. The molecule has 0 aliphatic rings. The molecule has 5 nitrogen and oxygen atoms in total. The number of para-hydroxylation sites is 2. The third-order valence-corrected chi connectivity index (χ3v) is 4.19. The summed E-state index contributed by atoms with van der Waals surface area (Å²) in [5.74, 6) is 2.29. The zero-order chi connectivity index (χ0) is 18.2. The molecule has 2 N–H and O–H groups in total. The fourth-order valence-electron chi connectivity index (χ4n) is 2.82. The molecule has 5 heteroatoms. The second kappa shape index (κ2) is 8.85. The smallest absolute Gasteiger partial charge is 0.224 e. The molecule has 0 aliphatic carbocycles. The third-order valence-electron chi connectivity index (χ3n) is 4.19. The van der Waals surface area contributed by atoms with Crippen molar-refractivity contribution in [2.45, 2.75) is 19.8 Å². The first-order valence-electron chi connectivity index (χ1n) is 8.84. The number of methoxy groups -OCH3 is 1. The standard InChI is InChI=1S/C21H24N4O/c1-3-16-8-4-6-10-18(16)24-20-13-15-23-21(25-20)22-14-12-17-9-5-7-11-19(17)26-2/h4-11,13,15H,3,12,14H2,1-2H3,(H2,22,23,24,25). The summed E-state index contributed by atoms with van der Waals surface area (Å²) < 4.78 is 5.39. The van der Waals surface area contributed by atoms with Crippen LogP contribution in [0.15, 0.2) is 60.8 Å². The van der Waals surface area contributed by atoms with Gasteiger partial charge in [-0.1, -0.05) is 43.3 Å². The van der Waals surface area contributed by atoms with Crippen LogP contribution in [0.4, 0.5) is 17.5 Å². The van der Waals surface area contributed by atoms with Crippen LogP contribution in [0.1, 0.15) is 18.1 Å². The summed E-state index contributed by atoms with van der Waals surface area (Å²) in [7, 11) is 1.69. The number of ether oxygens (including phenoxy) is 1. The maximum atomic E-state index is 5.39. The molecule has 1 heterocycles. The van der Waals surface area contributed by atoms with Crippen LogP contribution in [-0.2, 0) is 12.8 Å². The van der Waals surface area contributed by atoms with Gasteiger partial charge in [-0.2, -0.15) is 4.98 Å². The number of aromatic nitrogens is 2. The monoisotopic (exact) mass is 348 g/mol. The summed E-state index contributed by atoms with van der Waals surface area (Å²) in [6.45, 7) is 2.88. The quantitative estimate of drug-likeness (QED) is 0.630. The van der Waals surface area contributed by atoms with Crippen LogP contribution in [0, 0.1) is 0 Å². The first kappa shape index (κ1) is 17.7. The van der Waals surface area contributed by atoms with Crippen molar-refractivity contribution in [2.75, 3.05) is 24.3 Å². The average Bonchev–Trinajstić information content (AvgIpc) is 2.69. The van der Waals surface area contributed by atoms with E-state index in [0.717, 1.165) is 42.2 Å². The van der Waals surface area contributed by atoms with Gasteiger partial charge >= 0.3 is 0 Å². The van der Waals surface area contributed by atoms with Crippen LogP contribution in [-0.4, -0.2) is 23.6 Å². The first-order chi connectivity index (χ1) is 12.8. The maximum Gasteiger partial charge on any atom is 0.224 e. The molecule has 0 atom stereocenters. The summed E-state index contributed by atoms with van der Waals surface area (Å²) in [6.07, 6.45) is 3.57. The normalized spacial score (nSPS) is 10.4. The van der Waals surface area contributed by atoms with E-state index in [-0.39, 0.29) is 0 Å². The highest BCUT2D eigenvalue weighted by Crippen LogP contribution is 2.21. The molecule has 1 aromatic heterocycles. The lowest BCUT2D eigenvalue weighted by Gasteiger charge is -2.12. The van der Waals surface area contributed by atoms with Gasteiger partial charge in [0, 0.05) is 18.4 Å². The van der Waals surface area contributed by atoms with Crippen molar-refractivity contribution < 1.29 is 4.74 Å². The maximum absolute atomic E-state index is 5.39. The van der Waals surface area contributed by atoms with E-state index >= 15 is 0 Å². The van der Waals surface area contributed by atoms with Crippen molar-refractivity contribution in [1.82, 2.24) is 9.97 Å². The Bertz CT molecular complexity index is 851. The fraction of sp³-hybridized carbons (Fsp3) is 0.238. The van der Waals surface area contributed by atoms with E-state index < -0.39 is 0 Å². The lowest BCUT2D eigenvalue weighted by molar-refractivity contribution is 0.410. The molecule has 0 radical (unpaired) electrons. The number of aryl methyl sites for hydroxylation is 1. The summed E-state index contributed by atoms with van der Waals surface area (Å²) in [4.78, 5) is 8.86. The molecule has 3 rings (SSSR count). The molecular weight excluding hydrogens is 324 g/mol. The molecule has 0 bridgehead atoms. The van der Waals surface area contributed by atoms with Gasteiger partial charge in [0.05, 0.1) is 7.11 Å². The molecule has 0 fully saturated rings. The van der Waals surface area contributed by atoms with Gasteiger partial charge in [-0.05, 0) is 42.2 Å². The van der Waals surface area contributed by atoms with E-state index in [1.165, 1.54) is 5.56 Å². The summed E-state index contributed by atoms with van der Waals surface area (Å²) >= 11 is 0. The van der Waals surface area contributed by atoms with E-state index in [1.54, 1.807) is 13.3 Å². The molecular formula is C21H24N4O. The molecule has 26 heavy (non-hydrogen) atoms. The molecule has 0 saturated carbocycles. The van der Waals surface area contributed by atoms with E-state index in [9.17, 15) is 0 Å². The topological polar surface area (TPSA) is 59.1 Å². The van der Waals surface area contributed by atoms with Crippen LogP contribution < -0.4 is 15.4 Å². The van der Waals surface area contributed by atoms with Crippen molar-refractivity contribution in [3.8, 4) is 5.75 Å². The number of hydrogen-bond acceptors (Lipinski definition) is 5. The Balaban J connectivity index is 1.62. The molecule has 0 unspecified atom stereocenters. The second-order valence-electron chi connectivity index (χ2n) is 5.89. The average molecular weight is 348 g/mol. The molecule has 134 valence electrons. The number of anilines is 3. The zero-order valence-electron chi connectivity index (χ0n) is 15.2. The Morgan fingerprint density at radius 1 is 0.962 bits per heavy atom. The van der Waals surface area contributed by atoms with Crippen molar-refractivity contribution >= 4 is 17.5 Å². The van der Waals surface area contributed by atoms with Crippen LogP contribution in [0.5, 0.6) is 5.75 Å². The highest BCUT2D eigenvalue weighted by atomic mass is 16.5. The molecule has 0 spiro atoms. The minimum Gasteiger partial charge on any atom is -0.496 e. The zero-order valence-corrected chi connectivity index (χ0v) is 15.2. The Hall–Kier alpha value is -3.08. The van der Waals surface area contributed by atoms with E-state index in [0.29, 0.717) is 5.95 Å². The number of benzene rings is 2. The van der Waals surface area contributed by atoms with E-state index in [1.807, 2.05) is 30.3 Å².